The molecule has 0 aliphatic carbocycles. The molecule has 0 fully saturated rings. The summed E-state index contributed by atoms with van der Waals surface area (Å²) in [5.74, 6) is 10.6. The van der Waals surface area contributed by atoms with Gasteiger partial charge in [-0.15, -0.1) is 5.92 Å². The molecule has 2 heteroatoms. The van der Waals surface area contributed by atoms with E-state index in [-0.39, 0.29) is 0 Å². The third-order valence-corrected chi connectivity index (χ3v) is 4.27. The molecule has 0 N–H and O–H groups in total. The molecule has 89 valence electrons. The Morgan fingerprint density at radius 3 is 2.56 bits per heavy atom. The van der Waals surface area contributed by atoms with Crippen LogP contribution in [0.15, 0.2) is 0 Å². The van der Waals surface area contributed by atoms with Crippen LogP contribution < -0.4 is 0 Å². The fourth-order valence-electron chi connectivity index (χ4n) is 1.35. The number of hydrogen-bond donors (Lipinski definition) is 0. The van der Waals surface area contributed by atoms with E-state index in [4.69, 9.17) is 6.42 Å². The lowest BCUT2D eigenvalue weighted by Crippen LogP contribution is -2.11. The van der Waals surface area contributed by atoms with Gasteiger partial charge < -0.3 is 0 Å². The zero-order valence-electron chi connectivity index (χ0n) is 10.5. The van der Waals surface area contributed by atoms with Gasteiger partial charge in [0.1, 0.15) is 0 Å². The molecule has 0 aromatic heterocycles. The summed E-state index contributed by atoms with van der Waals surface area (Å²) < 4.78 is 0. The smallest absolute Gasteiger partial charge is 0.0302 e. The van der Waals surface area contributed by atoms with Crippen molar-refractivity contribution in [2.45, 2.75) is 37.9 Å². The van der Waals surface area contributed by atoms with Gasteiger partial charge in [0.15, 0.2) is 0 Å². The minimum Gasteiger partial charge on any atom is -0.165 e. The van der Waals surface area contributed by atoms with E-state index in [0.717, 1.165) is 6.42 Å². The van der Waals surface area contributed by atoms with Crippen molar-refractivity contribution in [2.75, 3.05) is 18.3 Å². The van der Waals surface area contributed by atoms with Crippen molar-refractivity contribution < 1.29 is 0 Å². The normalized spacial score (nSPS) is 13.4. The van der Waals surface area contributed by atoms with Crippen LogP contribution in [0.5, 0.6) is 0 Å². The SMILES string of the molecule is [C]#CCC(SC)C(C)C#CCCCCSC. The van der Waals surface area contributed by atoms with Crippen LogP contribution in [0.4, 0.5) is 0 Å². The summed E-state index contributed by atoms with van der Waals surface area (Å²) >= 11 is 3.69. The Balaban J connectivity index is 3.79. The molecule has 0 saturated carbocycles. The van der Waals surface area contributed by atoms with Gasteiger partial charge in [-0.1, -0.05) is 18.8 Å². The van der Waals surface area contributed by atoms with Crippen molar-refractivity contribution in [1.82, 2.24) is 0 Å². The summed E-state index contributed by atoms with van der Waals surface area (Å²) in [6, 6.07) is 0. The van der Waals surface area contributed by atoms with Crippen molar-refractivity contribution >= 4 is 23.5 Å². The van der Waals surface area contributed by atoms with Crippen molar-refractivity contribution in [1.29, 1.82) is 0 Å². The molecule has 0 aliphatic heterocycles. The van der Waals surface area contributed by atoms with Crippen molar-refractivity contribution in [3.05, 3.63) is 6.42 Å². The standard InChI is InChI=1S/C14H21S2/c1-5-10-14(16-4)13(2)11-8-6-7-9-12-15-3/h13-14H,6-7,9-10,12H2,2-4H3. The lowest BCUT2D eigenvalue weighted by molar-refractivity contribution is 0.706. The lowest BCUT2D eigenvalue weighted by Gasteiger charge is -2.14. The Kier molecular flexibility index (Phi) is 11.2. The molecule has 0 aromatic rings. The second-order valence-electron chi connectivity index (χ2n) is 3.71. The van der Waals surface area contributed by atoms with Gasteiger partial charge in [0, 0.05) is 24.0 Å². The predicted octanol–water partition coefficient (Wildman–Crippen LogP) is 3.87. The van der Waals surface area contributed by atoms with Crippen LogP contribution in [0.3, 0.4) is 0 Å². The van der Waals surface area contributed by atoms with Gasteiger partial charge in [-0.3, -0.25) is 0 Å². The zero-order chi connectivity index (χ0) is 12.2. The van der Waals surface area contributed by atoms with E-state index in [0.29, 0.717) is 17.6 Å². The molecule has 2 unspecified atom stereocenters. The highest BCUT2D eigenvalue weighted by Gasteiger charge is 2.11. The molecule has 0 rings (SSSR count). The maximum absolute atomic E-state index is 7.01. The summed E-state index contributed by atoms with van der Waals surface area (Å²) in [5, 5.41) is 0.427. The van der Waals surface area contributed by atoms with Gasteiger partial charge >= 0.3 is 0 Å². The van der Waals surface area contributed by atoms with E-state index in [1.165, 1.54) is 18.6 Å². The van der Waals surface area contributed by atoms with E-state index in [9.17, 15) is 0 Å². The maximum Gasteiger partial charge on any atom is 0.0302 e. The topological polar surface area (TPSA) is 0 Å². The van der Waals surface area contributed by atoms with Gasteiger partial charge in [0.2, 0.25) is 0 Å². The van der Waals surface area contributed by atoms with Crippen molar-refractivity contribution in [3.8, 4) is 17.8 Å². The molecule has 0 aliphatic rings. The van der Waals surface area contributed by atoms with Crippen molar-refractivity contribution in [2.24, 2.45) is 5.92 Å². The second-order valence-corrected chi connectivity index (χ2v) is 5.78. The number of unbranched alkanes of at least 4 members (excludes halogenated alkanes) is 2. The molecule has 0 saturated heterocycles. The number of hydrogen-bond acceptors (Lipinski definition) is 2. The first-order chi connectivity index (χ1) is 7.76. The number of thioether (sulfide) groups is 2. The first-order valence-corrected chi connectivity index (χ1v) is 8.34. The Morgan fingerprint density at radius 2 is 2.00 bits per heavy atom. The van der Waals surface area contributed by atoms with E-state index in [1.807, 2.05) is 11.8 Å². The minimum atomic E-state index is 0.369. The van der Waals surface area contributed by atoms with Gasteiger partial charge in [0.25, 0.3) is 0 Å². The van der Waals surface area contributed by atoms with Crippen LogP contribution in [-0.2, 0) is 0 Å². The van der Waals surface area contributed by atoms with Crippen LogP contribution >= 0.6 is 23.5 Å². The summed E-state index contributed by atoms with van der Waals surface area (Å²) in [6.45, 7) is 2.15. The van der Waals surface area contributed by atoms with Gasteiger partial charge in [-0.25, -0.2) is 0 Å². The Bertz CT molecular complexity index is 254. The Hall–Kier alpha value is -0.180. The van der Waals surface area contributed by atoms with Crippen LogP contribution in [0.1, 0.15) is 32.6 Å². The summed E-state index contributed by atoms with van der Waals surface area (Å²) in [5.41, 5.74) is 0. The fourth-order valence-corrected chi connectivity index (χ4v) is 2.57. The molecule has 0 nitrogen and oxygen atoms in total. The van der Waals surface area contributed by atoms with E-state index in [2.05, 4.69) is 37.2 Å². The molecule has 0 amide bonds. The molecule has 16 heavy (non-hydrogen) atoms. The highest BCUT2D eigenvalue weighted by Crippen LogP contribution is 2.19. The molecule has 0 spiro atoms. The maximum atomic E-state index is 7.01. The van der Waals surface area contributed by atoms with Crippen LogP contribution in [0.2, 0.25) is 0 Å². The molecule has 0 heterocycles. The Labute approximate surface area is 110 Å². The molecule has 2 atom stereocenters. The molecule has 1 radical (unpaired) electrons. The highest BCUT2D eigenvalue weighted by atomic mass is 32.2. The first kappa shape index (κ1) is 15.8. The van der Waals surface area contributed by atoms with Gasteiger partial charge in [-0.05, 0) is 37.5 Å². The van der Waals surface area contributed by atoms with E-state index in [1.54, 1.807) is 11.8 Å². The zero-order valence-corrected chi connectivity index (χ0v) is 12.1. The molecule has 0 aromatic carbocycles. The monoisotopic (exact) mass is 253 g/mol. The third kappa shape index (κ3) is 8.03. The van der Waals surface area contributed by atoms with Gasteiger partial charge in [0.05, 0.1) is 0 Å². The molecular weight excluding hydrogens is 232 g/mol. The quantitative estimate of drug-likeness (QED) is 0.499. The van der Waals surface area contributed by atoms with E-state index >= 15 is 0 Å². The molecular formula is C14H21S2. The summed E-state index contributed by atoms with van der Waals surface area (Å²) in [7, 11) is 0. The number of rotatable bonds is 7. The average Bonchev–Trinajstić information content (AvgIpc) is 2.30. The summed E-state index contributed by atoms with van der Waals surface area (Å²) in [4.78, 5) is 0. The largest absolute Gasteiger partial charge is 0.165 e. The van der Waals surface area contributed by atoms with Crippen molar-refractivity contribution in [3.63, 3.8) is 0 Å². The minimum absolute atomic E-state index is 0.369. The third-order valence-electron chi connectivity index (χ3n) is 2.39. The van der Waals surface area contributed by atoms with E-state index < -0.39 is 0 Å². The summed E-state index contributed by atoms with van der Waals surface area (Å²) in [6.07, 6.45) is 15.4. The molecule has 0 bridgehead atoms. The fraction of sp³-hybridized carbons (Fsp3) is 0.714. The average molecular weight is 253 g/mol. The predicted molar refractivity (Wildman–Crippen MR) is 78.2 cm³/mol. The highest BCUT2D eigenvalue weighted by molar-refractivity contribution is 7.99. The van der Waals surface area contributed by atoms with Crippen LogP contribution in [0.25, 0.3) is 0 Å². The van der Waals surface area contributed by atoms with Crippen LogP contribution in [-0.4, -0.2) is 23.5 Å². The first-order valence-electron chi connectivity index (χ1n) is 5.66. The lowest BCUT2D eigenvalue weighted by atomic mass is 10.1. The Morgan fingerprint density at radius 1 is 1.25 bits per heavy atom. The second kappa shape index (κ2) is 11.3. The van der Waals surface area contributed by atoms with Crippen LogP contribution in [0, 0.1) is 30.1 Å². The van der Waals surface area contributed by atoms with Gasteiger partial charge in [-0.2, -0.15) is 23.5 Å².